The maximum Gasteiger partial charge on any atom is 0.414 e. The van der Waals surface area contributed by atoms with Gasteiger partial charge >= 0.3 is 12.1 Å². The van der Waals surface area contributed by atoms with Gasteiger partial charge in [-0.1, -0.05) is 25.3 Å². The van der Waals surface area contributed by atoms with Crippen LogP contribution in [0.3, 0.4) is 0 Å². The summed E-state index contributed by atoms with van der Waals surface area (Å²) >= 11 is 0. The largest absolute Gasteiger partial charge is 0.442 e. The van der Waals surface area contributed by atoms with Gasteiger partial charge < -0.3 is 15.4 Å². The quantitative estimate of drug-likeness (QED) is 0.880. The highest BCUT2D eigenvalue weighted by molar-refractivity contribution is 5.90. The normalized spacial score (nSPS) is 21.1. The van der Waals surface area contributed by atoms with Crippen LogP contribution < -0.4 is 15.5 Å². The average molecular weight is 345 g/mol. The summed E-state index contributed by atoms with van der Waals surface area (Å²) in [4.78, 5) is 25.7. The summed E-state index contributed by atoms with van der Waals surface area (Å²) in [6.07, 6.45) is 5.02. The third-order valence-electron chi connectivity index (χ3n) is 5.11. The van der Waals surface area contributed by atoms with Gasteiger partial charge in [0.1, 0.15) is 6.10 Å². The third kappa shape index (κ3) is 4.44. The number of benzene rings is 1. The van der Waals surface area contributed by atoms with E-state index in [-0.39, 0.29) is 24.3 Å². The molecule has 136 valence electrons. The highest BCUT2D eigenvalue weighted by Crippen LogP contribution is 2.24. The molecule has 1 saturated carbocycles. The Hall–Kier alpha value is -2.24. The lowest BCUT2D eigenvalue weighted by molar-refractivity contribution is 0.140. The maximum atomic E-state index is 12.1. The van der Waals surface area contributed by atoms with Crippen LogP contribution in [-0.2, 0) is 4.74 Å². The second kappa shape index (κ2) is 7.76. The van der Waals surface area contributed by atoms with E-state index in [2.05, 4.69) is 10.6 Å². The number of hydrogen-bond acceptors (Lipinski definition) is 3. The van der Waals surface area contributed by atoms with Crippen molar-refractivity contribution in [3.63, 3.8) is 0 Å². The number of urea groups is 1. The molecule has 6 nitrogen and oxygen atoms in total. The van der Waals surface area contributed by atoms with Crippen molar-refractivity contribution in [3.8, 4) is 0 Å². The third-order valence-corrected chi connectivity index (χ3v) is 5.11. The fourth-order valence-corrected chi connectivity index (χ4v) is 3.42. The van der Waals surface area contributed by atoms with Crippen LogP contribution in [0.15, 0.2) is 18.2 Å². The Morgan fingerprint density at radius 2 is 1.96 bits per heavy atom. The Balaban J connectivity index is 1.48. The monoisotopic (exact) mass is 345 g/mol. The second-order valence-electron chi connectivity index (χ2n) is 7.07. The zero-order chi connectivity index (χ0) is 17.8. The molecule has 1 heterocycles. The molecule has 1 aromatic carbocycles. The van der Waals surface area contributed by atoms with Crippen molar-refractivity contribution < 1.29 is 14.3 Å². The minimum atomic E-state index is -0.359. The summed E-state index contributed by atoms with van der Waals surface area (Å²) in [5, 5.41) is 5.84. The van der Waals surface area contributed by atoms with E-state index in [0.717, 1.165) is 24.1 Å². The van der Waals surface area contributed by atoms with Gasteiger partial charge in [-0.3, -0.25) is 4.90 Å². The second-order valence-corrected chi connectivity index (χ2v) is 7.07. The zero-order valence-corrected chi connectivity index (χ0v) is 15.0. The Morgan fingerprint density at radius 1 is 1.20 bits per heavy atom. The molecule has 0 radical (unpaired) electrons. The summed E-state index contributed by atoms with van der Waals surface area (Å²) in [5.74, 6) is 0. The van der Waals surface area contributed by atoms with Crippen LogP contribution in [0.4, 0.5) is 15.3 Å². The van der Waals surface area contributed by atoms with Gasteiger partial charge in [-0.15, -0.1) is 0 Å². The summed E-state index contributed by atoms with van der Waals surface area (Å²) in [5.41, 5.74) is 3.16. The van der Waals surface area contributed by atoms with Crippen LogP contribution in [0.5, 0.6) is 0 Å². The lowest BCUT2D eigenvalue weighted by Gasteiger charge is -2.23. The predicted octanol–water partition coefficient (Wildman–Crippen LogP) is 3.26. The number of carbonyl (C=O) groups is 2. The Morgan fingerprint density at radius 3 is 2.68 bits per heavy atom. The number of anilines is 1. The number of hydrogen-bond donors (Lipinski definition) is 2. The van der Waals surface area contributed by atoms with Gasteiger partial charge in [-0.2, -0.15) is 0 Å². The lowest BCUT2D eigenvalue weighted by atomic mass is 9.96. The summed E-state index contributed by atoms with van der Waals surface area (Å²) in [6, 6.07) is 6.01. The number of amides is 3. The minimum Gasteiger partial charge on any atom is -0.442 e. The van der Waals surface area contributed by atoms with Crippen LogP contribution in [0.25, 0.3) is 0 Å². The number of rotatable bonds is 4. The van der Waals surface area contributed by atoms with Crippen molar-refractivity contribution in [1.82, 2.24) is 10.6 Å². The van der Waals surface area contributed by atoms with Gasteiger partial charge in [-0.25, -0.2) is 9.59 Å². The molecule has 3 rings (SSSR count). The van der Waals surface area contributed by atoms with Crippen molar-refractivity contribution in [3.05, 3.63) is 29.3 Å². The van der Waals surface area contributed by atoms with Gasteiger partial charge in [0.2, 0.25) is 0 Å². The highest BCUT2D eigenvalue weighted by atomic mass is 16.6. The van der Waals surface area contributed by atoms with Crippen LogP contribution in [0.2, 0.25) is 0 Å². The topological polar surface area (TPSA) is 70.7 Å². The first-order valence-corrected chi connectivity index (χ1v) is 9.12. The SMILES string of the molecule is Cc1ccc(N2CC(CNC(=O)NC3CCCCC3)OC2=O)cc1C. The van der Waals surface area contributed by atoms with E-state index in [1.165, 1.54) is 24.8 Å². The van der Waals surface area contributed by atoms with E-state index in [1.807, 2.05) is 32.0 Å². The van der Waals surface area contributed by atoms with Crippen molar-refractivity contribution in [1.29, 1.82) is 0 Å². The maximum absolute atomic E-state index is 12.1. The minimum absolute atomic E-state index is 0.174. The van der Waals surface area contributed by atoms with Crippen LogP contribution in [0.1, 0.15) is 43.2 Å². The van der Waals surface area contributed by atoms with Crippen molar-refractivity contribution in [2.45, 2.75) is 58.1 Å². The predicted molar refractivity (Wildman–Crippen MR) is 96.9 cm³/mol. The fourth-order valence-electron chi connectivity index (χ4n) is 3.42. The smallest absolute Gasteiger partial charge is 0.414 e. The van der Waals surface area contributed by atoms with Crippen LogP contribution >= 0.6 is 0 Å². The number of carbonyl (C=O) groups excluding carboxylic acids is 2. The number of ether oxygens (including phenoxy) is 1. The molecule has 3 amide bonds. The molecule has 1 unspecified atom stereocenters. The number of nitrogens with zero attached hydrogens (tertiary/aromatic N) is 1. The molecule has 0 spiro atoms. The Bertz CT molecular complexity index is 641. The molecular weight excluding hydrogens is 318 g/mol. The van der Waals surface area contributed by atoms with Gasteiger partial charge in [0, 0.05) is 11.7 Å². The Labute approximate surface area is 148 Å². The van der Waals surface area contributed by atoms with Gasteiger partial charge in [0.05, 0.1) is 13.1 Å². The molecule has 2 aliphatic rings. The fraction of sp³-hybridized carbons (Fsp3) is 0.579. The molecule has 1 atom stereocenters. The van der Waals surface area contributed by atoms with Crippen LogP contribution in [0, 0.1) is 13.8 Å². The van der Waals surface area contributed by atoms with Gasteiger partial charge in [0.15, 0.2) is 0 Å². The van der Waals surface area contributed by atoms with E-state index >= 15 is 0 Å². The molecule has 2 N–H and O–H groups in total. The number of cyclic esters (lactones) is 1. The average Bonchev–Trinajstić information content (AvgIpc) is 2.97. The molecule has 1 aromatic rings. The first kappa shape index (κ1) is 17.6. The zero-order valence-electron chi connectivity index (χ0n) is 15.0. The van der Waals surface area contributed by atoms with Crippen molar-refractivity contribution >= 4 is 17.8 Å². The molecule has 0 bridgehead atoms. The van der Waals surface area contributed by atoms with E-state index < -0.39 is 0 Å². The summed E-state index contributed by atoms with van der Waals surface area (Å²) < 4.78 is 5.38. The molecule has 6 heteroatoms. The van der Waals surface area contributed by atoms with Gasteiger partial charge in [0.25, 0.3) is 0 Å². The van der Waals surface area contributed by atoms with Crippen molar-refractivity contribution in [2.75, 3.05) is 18.0 Å². The summed E-state index contributed by atoms with van der Waals surface area (Å²) in [7, 11) is 0. The highest BCUT2D eigenvalue weighted by Gasteiger charge is 2.32. The molecule has 25 heavy (non-hydrogen) atoms. The van der Waals surface area contributed by atoms with Crippen LogP contribution in [-0.4, -0.2) is 37.4 Å². The molecule has 1 aliphatic heterocycles. The van der Waals surface area contributed by atoms with E-state index in [1.54, 1.807) is 4.90 Å². The van der Waals surface area contributed by atoms with Crippen molar-refractivity contribution in [2.24, 2.45) is 0 Å². The standard InChI is InChI=1S/C19H27N3O3/c1-13-8-9-16(10-14(13)2)22-12-17(25-19(22)24)11-20-18(23)21-15-6-4-3-5-7-15/h8-10,15,17H,3-7,11-12H2,1-2H3,(H2,20,21,23). The molecular formula is C19H27N3O3. The molecule has 0 aromatic heterocycles. The molecule has 2 fully saturated rings. The molecule has 1 saturated heterocycles. The van der Waals surface area contributed by atoms with E-state index in [9.17, 15) is 9.59 Å². The summed E-state index contributed by atoms with van der Waals surface area (Å²) in [6.45, 7) is 4.84. The lowest BCUT2D eigenvalue weighted by Crippen LogP contribution is -2.45. The number of nitrogens with one attached hydrogen (secondary N) is 2. The van der Waals surface area contributed by atoms with E-state index in [0.29, 0.717) is 13.1 Å². The number of aryl methyl sites for hydroxylation is 2. The Kier molecular flexibility index (Phi) is 5.46. The van der Waals surface area contributed by atoms with E-state index in [4.69, 9.17) is 4.74 Å². The van der Waals surface area contributed by atoms with Gasteiger partial charge in [-0.05, 0) is 49.9 Å². The first-order chi connectivity index (χ1) is 12.0. The molecule has 1 aliphatic carbocycles. The first-order valence-electron chi connectivity index (χ1n) is 9.12.